The van der Waals surface area contributed by atoms with Gasteiger partial charge >= 0.3 is 0 Å². The van der Waals surface area contributed by atoms with Gasteiger partial charge in [-0.2, -0.15) is 0 Å². The average molecular weight is 316 g/mol. The van der Waals surface area contributed by atoms with Crippen molar-refractivity contribution < 1.29 is 0 Å². The van der Waals surface area contributed by atoms with Crippen LogP contribution < -0.4 is 5.32 Å². The van der Waals surface area contributed by atoms with Crippen LogP contribution in [0.15, 0.2) is 27.4 Å². The Hall–Kier alpha value is -0.160. The molecule has 0 radical (unpaired) electrons. The first-order valence-electron chi connectivity index (χ1n) is 5.23. The molecule has 1 nitrogen and oxygen atoms in total. The Labute approximate surface area is 113 Å². The fourth-order valence-electron chi connectivity index (χ4n) is 1.69. The second-order valence-corrected chi connectivity index (χ2v) is 6.53. The molecular weight excluding hydrogens is 302 g/mol. The summed E-state index contributed by atoms with van der Waals surface area (Å²) in [5.41, 5.74) is 1.37. The van der Waals surface area contributed by atoms with Crippen molar-refractivity contribution >= 4 is 38.6 Å². The summed E-state index contributed by atoms with van der Waals surface area (Å²) in [5, 5.41) is 7.92. The van der Waals surface area contributed by atoms with Gasteiger partial charge in [-0.3, -0.25) is 0 Å². The first kappa shape index (κ1) is 12.3. The average Bonchev–Trinajstić information content (AvgIpc) is 2.84. The summed E-state index contributed by atoms with van der Waals surface area (Å²) in [6.07, 6.45) is 0. The predicted molar refractivity (Wildman–Crippen MR) is 76.6 cm³/mol. The van der Waals surface area contributed by atoms with Crippen molar-refractivity contribution in [2.45, 2.75) is 19.9 Å². The molecule has 1 atom stereocenters. The van der Waals surface area contributed by atoms with E-state index in [9.17, 15) is 0 Å². The Balaban J connectivity index is 2.34. The highest BCUT2D eigenvalue weighted by Crippen LogP contribution is 2.34. The molecule has 0 saturated heterocycles. The zero-order valence-corrected chi connectivity index (χ0v) is 12.5. The molecule has 2 heterocycles. The van der Waals surface area contributed by atoms with Crippen LogP contribution >= 0.6 is 38.6 Å². The highest BCUT2D eigenvalue weighted by Gasteiger charge is 2.17. The molecular formula is C12H14BrNS2. The molecule has 0 aromatic carbocycles. The van der Waals surface area contributed by atoms with Crippen molar-refractivity contribution in [3.63, 3.8) is 0 Å². The molecule has 86 valence electrons. The van der Waals surface area contributed by atoms with Gasteiger partial charge in [0.25, 0.3) is 0 Å². The van der Waals surface area contributed by atoms with Gasteiger partial charge in [-0.05, 0) is 57.9 Å². The standard InChI is InChI=1S/C12H14BrNS2/c1-3-14-11(9-6-8(2)16-7-9)12-10(13)4-5-15-12/h4-7,11,14H,3H2,1-2H3. The van der Waals surface area contributed by atoms with E-state index in [1.807, 2.05) is 11.3 Å². The summed E-state index contributed by atoms with van der Waals surface area (Å²) in [4.78, 5) is 2.73. The molecule has 0 bridgehead atoms. The predicted octanol–water partition coefficient (Wildman–Crippen LogP) is 4.58. The monoisotopic (exact) mass is 315 g/mol. The minimum absolute atomic E-state index is 0.323. The van der Waals surface area contributed by atoms with Gasteiger partial charge in [0.1, 0.15) is 0 Å². The molecule has 16 heavy (non-hydrogen) atoms. The summed E-state index contributed by atoms with van der Waals surface area (Å²) in [6, 6.07) is 4.71. The van der Waals surface area contributed by atoms with Crippen LogP contribution in [-0.2, 0) is 0 Å². The Morgan fingerprint density at radius 1 is 1.44 bits per heavy atom. The van der Waals surface area contributed by atoms with Gasteiger partial charge in [-0.25, -0.2) is 0 Å². The van der Waals surface area contributed by atoms with Gasteiger partial charge in [0, 0.05) is 14.2 Å². The lowest BCUT2D eigenvalue weighted by Crippen LogP contribution is -2.20. The van der Waals surface area contributed by atoms with Gasteiger partial charge in [0.15, 0.2) is 0 Å². The lowest BCUT2D eigenvalue weighted by molar-refractivity contribution is 0.639. The summed E-state index contributed by atoms with van der Waals surface area (Å²) in [5.74, 6) is 0. The third-order valence-corrected chi connectivity index (χ3v) is 5.21. The van der Waals surface area contributed by atoms with Crippen LogP contribution in [0.1, 0.15) is 28.3 Å². The third-order valence-electron chi connectivity index (χ3n) is 2.40. The maximum absolute atomic E-state index is 3.61. The van der Waals surface area contributed by atoms with Gasteiger partial charge < -0.3 is 5.32 Å². The van der Waals surface area contributed by atoms with E-state index in [2.05, 4.69) is 58.0 Å². The fourth-order valence-corrected chi connectivity index (χ4v) is 4.13. The smallest absolute Gasteiger partial charge is 0.0690 e. The molecule has 0 fully saturated rings. The number of halogens is 1. The highest BCUT2D eigenvalue weighted by molar-refractivity contribution is 9.10. The van der Waals surface area contributed by atoms with Gasteiger partial charge in [0.2, 0.25) is 0 Å². The van der Waals surface area contributed by atoms with Crippen LogP contribution in [0, 0.1) is 6.92 Å². The van der Waals surface area contributed by atoms with Crippen molar-refractivity contribution in [1.82, 2.24) is 5.32 Å². The van der Waals surface area contributed by atoms with E-state index in [4.69, 9.17) is 0 Å². The summed E-state index contributed by atoms with van der Waals surface area (Å²) in [7, 11) is 0. The normalized spacial score (nSPS) is 12.9. The van der Waals surface area contributed by atoms with Gasteiger partial charge in [-0.15, -0.1) is 22.7 Å². The second-order valence-electron chi connectivity index (χ2n) is 3.61. The van der Waals surface area contributed by atoms with Crippen LogP contribution in [-0.4, -0.2) is 6.54 Å². The fraction of sp³-hybridized carbons (Fsp3) is 0.333. The third kappa shape index (κ3) is 2.56. The van der Waals surface area contributed by atoms with Crippen LogP contribution in [0.5, 0.6) is 0 Å². The van der Waals surface area contributed by atoms with E-state index in [1.54, 1.807) is 11.3 Å². The van der Waals surface area contributed by atoms with Crippen LogP contribution in [0.25, 0.3) is 0 Å². The van der Waals surface area contributed by atoms with Crippen LogP contribution in [0.2, 0.25) is 0 Å². The van der Waals surface area contributed by atoms with Crippen molar-refractivity contribution in [2.75, 3.05) is 6.54 Å². The molecule has 0 spiro atoms. The lowest BCUT2D eigenvalue weighted by Gasteiger charge is -2.15. The number of rotatable bonds is 4. The second kappa shape index (κ2) is 5.45. The Morgan fingerprint density at radius 3 is 2.75 bits per heavy atom. The van der Waals surface area contributed by atoms with E-state index in [-0.39, 0.29) is 0 Å². The molecule has 0 amide bonds. The zero-order chi connectivity index (χ0) is 11.5. The van der Waals surface area contributed by atoms with E-state index >= 15 is 0 Å². The Morgan fingerprint density at radius 2 is 2.25 bits per heavy atom. The minimum Gasteiger partial charge on any atom is -0.306 e. The van der Waals surface area contributed by atoms with Crippen molar-refractivity contribution in [3.8, 4) is 0 Å². The lowest BCUT2D eigenvalue weighted by atomic mass is 10.1. The first-order valence-corrected chi connectivity index (χ1v) is 7.79. The van der Waals surface area contributed by atoms with Gasteiger partial charge in [0.05, 0.1) is 6.04 Å². The SMILES string of the molecule is CCNC(c1csc(C)c1)c1sccc1Br. The van der Waals surface area contributed by atoms with Crippen molar-refractivity contribution in [1.29, 1.82) is 0 Å². The molecule has 2 aromatic rings. The maximum atomic E-state index is 3.61. The summed E-state index contributed by atoms with van der Waals surface area (Å²) in [6.45, 7) is 5.28. The van der Waals surface area contributed by atoms with Crippen LogP contribution in [0.3, 0.4) is 0 Å². The molecule has 0 aliphatic carbocycles. The van der Waals surface area contributed by atoms with E-state index in [1.165, 1.54) is 19.8 Å². The molecule has 2 aromatic heterocycles. The summed E-state index contributed by atoms with van der Waals surface area (Å²) < 4.78 is 1.20. The zero-order valence-electron chi connectivity index (χ0n) is 9.29. The number of hydrogen-bond acceptors (Lipinski definition) is 3. The number of nitrogens with one attached hydrogen (secondary N) is 1. The van der Waals surface area contributed by atoms with Crippen molar-refractivity contribution in [3.05, 3.63) is 42.7 Å². The molecule has 0 aliphatic heterocycles. The molecule has 0 saturated carbocycles. The largest absolute Gasteiger partial charge is 0.306 e. The van der Waals surface area contributed by atoms with E-state index in [0.29, 0.717) is 6.04 Å². The molecule has 0 aliphatic rings. The number of thiophene rings is 2. The molecule has 4 heteroatoms. The van der Waals surface area contributed by atoms with E-state index in [0.717, 1.165) is 6.54 Å². The topological polar surface area (TPSA) is 12.0 Å². The quantitative estimate of drug-likeness (QED) is 0.870. The maximum Gasteiger partial charge on any atom is 0.0690 e. The highest BCUT2D eigenvalue weighted by atomic mass is 79.9. The molecule has 1 N–H and O–H groups in total. The van der Waals surface area contributed by atoms with Crippen molar-refractivity contribution in [2.24, 2.45) is 0 Å². The number of aryl methyl sites for hydroxylation is 1. The number of hydrogen-bond donors (Lipinski definition) is 1. The van der Waals surface area contributed by atoms with Gasteiger partial charge in [-0.1, -0.05) is 6.92 Å². The van der Waals surface area contributed by atoms with Crippen LogP contribution in [0.4, 0.5) is 0 Å². The van der Waals surface area contributed by atoms with E-state index < -0.39 is 0 Å². The minimum atomic E-state index is 0.323. The Bertz CT molecular complexity index is 461. The molecule has 2 rings (SSSR count). The summed E-state index contributed by atoms with van der Waals surface area (Å²) >= 11 is 7.22. The first-order chi connectivity index (χ1) is 7.72. The molecule has 1 unspecified atom stereocenters. The Kier molecular flexibility index (Phi) is 4.19.